The van der Waals surface area contributed by atoms with Crippen LogP contribution in [-0.4, -0.2) is 73.5 Å². The van der Waals surface area contributed by atoms with Gasteiger partial charge in [0.05, 0.1) is 11.5 Å². The van der Waals surface area contributed by atoms with Crippen LogP contribution in [0.5, 0.6) is 5.88 Å². The molecule has 9 nitrogen and oxygen atoms in total. The summed E-state index contributed by atoms with van der Waals surface area (Å²) in [6.07, 6.45) is 1.04. The summed E-state index contributed by atoms with van der Waals surface area (Å²) in [5, 5.41) is 19.0. The maximum absolute atomic E-state index is 13.1. The Hall–Kier alpha value is -1.90. The van der Waals surface area contributed by atoms with Crippen LogP contribution in [-0.2, 0) is 19.9 Å². The van der Waals surface area contributed by atoms with Crippen LogP contribution in [0.3, 0.4) is 0 Å². The molecule has 2 aromatic rings. The van der Waals surface area contributed by atoms with Gasteiger partial charge in [-0.1, -0.05) is 11.6 Å². The molecule has 14 heteroatoms. The number of aliphatic hydroxyl groups excluding tert-OH is 1. The van der Waals surface area contributed by atoms with Crippen molar-refractivity contribution in [3.8, 4) is 5.88 Å². The molecule has 0 bridgehead atoms. The maximum atomic E-state index is 13.1. The summed E-state index contributed by atoms with van der Waals surface area (Å²) >= 11 is 5.76. The zero-order chi connectivity index (χ0) is 23.0. The third kappa shape index (κ3) is 4.52. The quantitative estimate of drug-likeness (QED) is 0.575. The first-order valence-electron chi connectivity index (χ1n) is 8.64. The Labute approximate surface area is 181 Å². The Morgan fingerprint density at radius 3 is 2.45 bits per heavy atom. The molecular weight excluding hydrogens is 482 g/mol. The van der Waals surface area contributed by atoms with Crippen LogP contribution in [0, 0.1) is 0 Å². The van der Waals surface area contributed by atoms with Gasteiger partial charge in [0, 0.05) is 24.3 Å². The van der Waals surface area contributed by atoms with Gasteiger partial charge in [0.2, 0.25) is 15.9 Å². The van der Waals surface area contributed by atoms with Gasteiger partial charge in [0.15, 0.2) is 9.84 Å². The van der Waals surface area contributed by atoms with E-state index >= 15 is 0 Å². The van der Waals surface area contributed by atoms with Crippen molar-refractivity contribution in [1.29, 1.82) is 0 Å². The predicted octanol–water partition coefficient (Wildman–Crippen LogP) is 0.907. The fourth-order valence-electron chi connectivity index (χ4n) is 3.22. The van der Waals surface area contributed by atoms with Gasteiger partial charge in [-0.05, 0) is 36.4 Å². The molecule has 1 fully saturated rings. The van der Waals surface area contributed by atoms with Crippen molar-refractivity contribution in [3.05, 3.63) is 47.6 Å². The number of sulfonamides is 1. The van der Waals surface area contributed by atoms with Crippen molar-refractivity contribution in [2.24, 2.45) is 0 Å². The second-order valence-electron chi connectivity index (χ2n) is 6.73. The van der Waals surface area contributed by atoms with E-state index in [4.69, 9.17) is 11.6 Å². The Morgan fingerprint density at radius 2 is 1.87 bits per heavy atom. The minimum atomic E-state index is -4.62. The molecule has 2 heterocycles. The number of halogens is 3. The van der Waals surface area contributed by atoms with Gasteiger partial charge >= 0.3 is 6.61 Å². The SMILES string of the molecule is O=S(=O)(c1ccc(Cl)cc1)[C@H]1CN(S(=O)(=O)c2cccnc2OC(F)F)C[C@@]1(O)CO. The molecule has 170 valence electrons. The van der Waals surface area contributed by atoms with Crippen molar-refractivity contribution in [2.75, 3.05) is 19.7 Å². The zero-order valence-corrected chi connectivity index (χ0v) is 18.0. The number of pyridine rings is 1. The van der Waals surface area contributed by atoms with Crippen LogP contribution in [0.2, 0.25) is 5.02 Å². The summed E-state index contributed by atoms with van der Waals surface area (Å²) in [6.45, 7) is -5.96. The van der Waals surface area contributed by atoms with Crippen LogP contribution >= 0.6 is 11.6 Å². The normalized spacial score (nSPS) is 22.7. The lowest BCUT2D eigenvalue weighted by Crippen LogP contribution is -2.49. The molecule has 2 N–H and O–H groups in total. The lowest BCUT2D eigenvalue weighted by molar-refractivity contribution is -0.0549. The molecule has 2 atom stereocenters. The molecule has 3 rings (SSSR count). The van der Waals surface area contributed by atoms with Crippen LogP contribution in [0.25, 0.3) is 0 Å². The fourth-order valence-corrected chi connectivity index (χ4v) is 6.98. The lowest BCUT2D eigenvalue weighted by atomic mass is 10.1. The van der Waals surface area contributed by atoms with Gasteiger partial charge in [0.25, 0.3) is 0 Å². The lowest BCUT2D eigenvalue weighted by Gasteiger charge is -2.26. The van der Waals surface area contributed by atoms with E-state index in [1.54, 1.807) is 0 Å². The van der Waals surface area contributed by atoms with E-state index < -0.39 is 67.8 Å². The van der Waals surface area contributed by atoms with Gasteiger partial charge in [-0.3, -0.25) is 0 Å². The third-order valence-corrected chi connectivity index (χ3v) is 9.11. The number of aromatic nitrogens is 1. The summed E-state index contributed by atoms with van der Waals surface area (Å²) in [5.74, 6) is -0.881. The molecule has 1 aliphatic rings. The Bertz CT molecular complexity index is 1160. The number of hydrogen-bond acceptors (Lipinski definition) is 8. The number of aliphatic hydroxyl groups is 2. The molecule has 0 saturated carbocycles. The molecule has 1 aromatic carbocycles. The van der Waals surface area contributed by atoms with Gasteiger partial charge in [-0.25, -0.2) is 21.8 Å². The summed E-state index contributed by atoms with van der Waals surface area (Å²) in [4.78, 5) is 2.51. The maximum Gasteiger partial charge on any atom is 0.388 e. The van der Waals surface area contributed by atoms with E-state index in [1.807, 2.05) is 0 Å². The molecule has 0 unspecified atom stereocenters. The largest absolute Gasteiger partial charge is 0.415 e. The molecule has 0 radical (unpaired) electrons. The molecule has 0 spiro atoms. The number of β-amino-alcohol motifs (C(OH)–C–C–N with tert-alkyl or cyclic N) is 1. The van der Waals surface area contributed by atoms with Crippen LogP contribution in [0.1, 0.15) is 0 Å². The average Bonchev–Trinajstić information content (AvgIpc) is 3.08. The molecular formula is C17H17ClF2N2O7S2. The van der Waals surface area contributed by atoms with Crippen LogP contribution in [0.15, 0.2) is 52.4 Å². The van der Waals surface area contributed by atoms with Crippen molar-refractivity contribution in [2.45, 2.75) is 27.3 Å². The highest BCUT2D eigenvalue weighted by Gasteiger charge is 2.55. The second kappa shape index (κ2) is 8.56. The smallest absolute Gasteiger partial charge is 0.388 e. The van der Waals surface area contributed by atoms with E-state index in [9.17, 15) is 35.8 Å². The van der Waals surface area contributed by atoms with E-state index in [0.29, 0.717) is 4.31 Å². The number of rotatable bonds is 7. The standard InChI is InChI=1S/C17H17ClF2N2O7S2/c18-11-3-5-12(6-4-11)30(25,26)14-8-22(9-17(14,24)10-23)31(27,28)13-2-1-7-21-15(13)29-16(19)20/h1-7,14,16,23-24H,8-10H2/t14-,17+/m0/s1. The van der Waals surface area contributed by atoms with Crippen molar-refractivity contribution >= 4 is 31.5 Å². The minimum absolute atomic E-state index is 0.240. The summed E-state index contributed by atoms with van der Waals surface area (Å²) < 4.78 is 82.3. The first-order chi connectivity index (χ1) is 14.4. The summed E-state index contributed by atoms with van der Waals surface area (Å²) in [5.41, 5.74) is -2.35. The van der Waals surface area contributed by atoms with Crippen molar-refractivity contribution in [1.82, 2.24) is 9.29 Å². The number of alkyl halides is 2. The highest BCUT2D eigenvalue weighted by Crippen LogP contribution is 2.36. The third-order valence-electron chi connectivity index (χ3n) is 4.76. The van der Waals surface area contributed by atoms with Crippen LogP contribution < -0.4 is 4.74 Å². The van der Waals surface area contributed by atoms with Crippen molar-refractivity contribution < 1.29 is 40.6 Å². The zero-order valence-electron chi connectivity index (χ0n) is 15.6. The number of nitrogens with zero attached hydrogens (tertiary/aromatic N) is 2. The van der Waals surface area contributed by atoms with Gasteiger partial charge in [-0.2, -0.15) is 13.1 Å². The minimum Gasteiger partial charge on any atom is -0.415 e. The predicted molar refractivity (Wildman–Crippen MR) is 104 cm³/mol. The molecule has 31 heavy (non-hydrogen) atoms. The van der Waals surface area contributed by atoms with Gasteiger partial charge in [-0.15, -0.1) is 0 Å². The first-order valence-corrected chi connectivity index (χ1v) is 12.0. The second-order valence-corrected chi connectivity index (χ2v) is 11.2. The topological polar surface area (TPSA) is 134 Å². The molecule has 0 amide bonds. The first kappa shape index (κ1) is 23.8. The highest BCUT2D eigenvalue weighted by molar-refractivity contribution is 7.92. The van der Waals surface area contributed by atoms with E-state index in [2.05, 4.69) is 9.72 Å². The van der Waals surface area contributed by atoms with E-state index in [0.717, 1.165) is 12.3 Å². The molecule has 1 aliphatic heterocycles. The summed E-state index contributed by atoms with van der Waals surface area (Å²) in [6, 6.07) is 7.10. The number of sulfone groups is 1. The Morgan fingerprint density at radius 1 is 1.23 bits per heavy atom. The van der Waals surface area contributed by atoms with E-state index in [1.165, 1.54) is 30.3 Å². The van der Waals surface area contributed by atoms with Gasteiger partial charge in [0.1, 0.15) is 15.7 Å². The van der Waals surface area contributed by atoms with Crippen LogP contribution in [0.4, 0.5) is 8.78 Å². The molecule has 1 saturated heterocycles. The number of hydrogen-bond donors (Lipinski definition) is 2. The van der Waals surface area contributed by atoms with Gasteiger partial charge < -0.3 is 14.9 Å². The molecule has 1 aromatic heterocycles. The molecule has 0 aliphatic carbocycles. The highest BCUT2D eigenvalue weighted by atomic mass is 35.5. The van der Waals surface area contributed by atoms with Crippen molar-refractivity contribution in [3.63, 3.8) is 0 Å². The average molecular weight is 499 g/mol. The Balaban J connectivity index is 2.02. The number of benzene rings is 1. The monoisotopic (exact) mass is 498 g/mol. The fraction of sp³-hybridized carbons (Fsp3) is 0.353. The van der Waals surface area contributed by atoms with E-state index in [-0.39, 0.29) is 9.92 Å². The number of ether oxygens (including phenoxy) is 1. The Kier molecular flexibility index (Phi) is 6.56. The summed E-state index contributed by atoms with van der Waals surface area (Å²) in [7, 11) is -8.94.